The Morgan fingerprint density at radius 1 is 1.27 bits per heavy atom. The normalized spacial score (nSPS) is 9.73. The number of aldehydes is 1. The molecule has 1 rings (SSSR count). The number of carbonyl (C=O) groups is 1. The van der Waals surface area contributed by atoms with E-state index in [1.54, 1.807) is 0 Å². The van der Waals surface area contributed by atoms with E-state index in [0.29, 0.717) is 0 Å². The van der Waals surface area contributed by atoms with Crippen molar-refractivity contribution in [2.24, 2.45) is 0 Å². The molecule has 0 aliphatic heterocycles. The smallest absolute Gasteiger partial charge is 0.151 e. The third kappa shape index (κ3) is 1.51. The molecule has 0 saturated carbocycles. The SMILES string of the molecule is Cc1ccc(C)c(C=O)c1Br. The minimum atomic E-state index is 0.755. The third-order valence-corrected chi connectivity index (χ3v) is 2.76. The van der Waals surface area contributed by atoms with E-state index in [1.807, 2.05) is 26.0 Å². The van der Waals surface area contributed by atoms with Crippen LogP contribution in [0.15, 0.2) is 16.6 Å². The van der Waals surface area contributed by atoms with Gasteiger partial charge >= 0.3 is 0 Å². The number of halogens is 1. The zero-order chi connectivity index (χ0) is 8.43. The fourth-order valence-electron chi connectivity index (χ4n) is 0.943. The Labute approximate surface area is 74.6 Å². The highest BCUT2D eigenvalue weighted by atomic mass is 79.9. The molecule has 1 aromatic rings. The van der Waals surface area contributed by atoms with Crippen molar-refractivity contribution in [1.29, 1.82) is 0 Å². The minimum absolute atomic E-state index is 0.755. The maximum atomic E-state index is 10.6. The van der Waals surface area contributed by atoms with Crippen LogP contribution in [-0.4, -0.2) is 6.29 Å². The van der Waals surface area contributed by atoms with Gasteiger partial charge in [-0.1, -0.05) is 12.1 Å². The molecule has 0 fully saturated rings. The van der Waals surface area contributed by atoms with Crippen molar-refractivity contribution in [3.8, 4) is 0 Å². The number of hydrogen-bond acceptors (Lipinski definition) is 1. The summed E-state index contributed by atoms with van der Waals surface area (Å²) in [5.41, 5.74) is 2.86. The first-order chi connectivity index (χ1) is 5.16. The van der Waals surface area contributed by atoms with Gasteiger partial charge in [-0.25, -0.2) is 0 Å². The molecule has 2 heteroatoms. The molecule has 0 aliphatic rings. The van der Waals surface area contributed by atoms with Gasteiger partial charge < -0.3 is 0 Å². The van der Waals surface area contributed by atoms with E-state index in [4.69, 9.17) is 0 Å². The molecular formula is C9H9BrO. The molecule has 0 aromatic heterocycles. The quantitative estimate of drug-likeness (QED) is 0.655. The summed E-state index contributed by atoms with van der Waals surface area (Å²) in [7, 11) is 0. The summed E-state index contributed by atoms with van der Waals surface area (Å²) in [4.78, 5) is 10.6. The molecule has 0 atom stereocenters. The molecule has 1 aromatic carbocycles. The zero-order valence-electron chi connectivity index (χ0n) is 6.52. The van der Waals surface area contributed by atoms with Crippen LogP contribution in [-0.2, 0) is 0 Å². The van der Waals surface area contributed by atoms with E-state index in [2.05, 4.69) is 15.9 Å². The second kappa shape index (κ2) is 3.18. The summed E-state index contributed by atoms with van der Waals surface area (Å²) in [5, 5.41) is 0. The number of carbonyl (C=O) groups excluding carboxylic acids is 1. The zero-order valence-corrected chi connectivity index (χ0v) is 8.10. The minimum Gasteiger partial charge on any atom is -0.298 e. The lowest BCUT2D eigenvalue weighted by molar-refractivity contribution is 0.112. The molecule has 0 bridgehead atoms. The van der Waals surface area contributed by atoms with Crippen molar-refractivity contribution in [2.75, 3.05) is 0 Å². The molecule has 0 radical (unpaired) electrons. The Kier molecular flexibility index (Phi) is 2.45. The summed E-state index contributed by atoms with van der Waals surface area (Å²) in [5.74, 6) is 0. The molecule has 58 valence electrons. The van der Waals surface area contributed by atoms with Crippen molar-refractivity contribution in [1.82, 2.24) is 0 Å². The van der Waals surface area contributed by atoms with Gasteiger partial charge in [0.05, 0.1) is 0 Å². The summed E-state index contributed by atoms with van der Waals surface area (Å²) in [6, 6.07) is 3.94. The van der Waals surface area contributed by atoms with Gasteiger partial charge in [0.2, 0.25) is 0 Å². The topological polar surface area (TPSA) is 17.1 Å². The average molecular weight is 213 g/mol. The number of aryl methyl sites for hydroxylation is 2. The Hall–Kier alpha value is -0.630. The van der Waals surface area contributed by atoms with Crippen LogP contribution in [0.1, 0.15) is 21.5 Å². The van der Waals surface area contributed by atoms with E-state index >= 15 is 0 Å². The highest BCUT2D eigenvalue weighted by Crippen LogP contribution is 2.22. The molecular weight excluding hydrogens is 204 g/mol. The molecule has 0 spiro atoms. The molecule has 11 heavy (non-hydrogen) atoms. The predicted molar refractivity (Wildman–Crippen MR) is 49.0 cm³/mol. The third-order valence-electron chi connectivity index (χ3n) is 1.71. The molecule has 0 N–H and O–H groups in total. The summed E-state index contributed by atoms with van der Waals surface area (Å²) in [6.45, 7) is 3.89. The van der Waals surface area contributed by atoms with Crippen LogP contribution in [0.2, 0.25) is 0 Å². The average Bonchev–Trinajstić information content (AvgIpc) is 1.99. The van der Waals surface area contributed by atoms with E-state index < -0.39 is 0 Å². The second-order valence-corrected chi connectivity index (χ2v) is 3.34. The lowest BCUT2D eigenvalue weighted by atomic mass is 10.1. The van der Waals surface area contributed by atoms with Crippen molar-refractivity contribution in [3.63, 3.8) is 0 Å². The Bertz CT molecular complexity index is 292. The molecule has 0 amide bonds. The monoisotopic (exact) mass is 212 g/mol. The Morgan fingerprint density at radius 3 is 2.27 bits per heavy atom. The predicted octanol–water partition coefficient (Wildman–Crippen LogP) is 2.88. The Morgan fingerprint density at radius 2 is 1.82 bits per heavy atom. The van der Waals surface area contributed by atoms with Crippen LogP contribution in [0.5, 0.6) is 0 Å². The summed E-state index contributed by atoms with van der Waals surface area (Å²) in [6.07, 6.45) is 0.881. The van der Waals surface area contributed by atoms with E-state index in [1.165, 1.54) is 0 Å². The first kappa shape index (κ1) is 8.47. The first-order valence-corrected chi connectivity index (χ1v) is 4.17. The fourth-order valence-corrected chi connectivity index (χ4v) is 1.48. The fraction of sp³-hybridized carbons (Fsp3) is 0.222. The first-order valence-electron chi connectivity index (χ1n) is 3.37. The second-order valence-electron chi connectivity index (χ2n) is 2.54. The highest BCUT2D eigenvalue weighted by molar-refractivity contribution is 9.10. The van der Waals surface area contributed by atoms with Crippen LogP contribution in [0.4, 0.5) is 0 Å². The van der Waals surface area contributed by atoms with Crippen LogP contribution in [0, 0.1) is 13.8 Å². The molecule has 0 saturated heterocycles. The molecule has 0 aliphatic carbocycles. The van der Waals surface area contributed by atoms with E-state index in [9.17, 15) is 4.79 Å². The maximum absolute atomic E-state index is 10.6. The highest BCUT2D eigenvalue weighted by Gasteiger charge is 2.03. The summed E-state index contributed by atoms with van der Waals surface area (Å²) < 4.78 is 0.910. The van der Waals surface area contributed by atoms with Crippen LogP contribution >= 0.6 is 15.9 Å². The van der Waals surface area contributed by atoms with Crippen LogP contribution in [0.3, 0.4) is 0 Å². The largest absolute Gasteiger partial charge is 0.298 e. The lowest BCUT2D eigenvalue weighted by Crippen LogP contribution is -1.90. The van der Waals surface area contributed by atoms with Gasteiger partial charge in [0, 0.05) is 10.0 Å². The van der Waals surface area contributed by atoms with Crippen molar-refractivity contribution in [3.05, 3.63) is 33.3 Å². The number of rotatable bonds is 1. The van der Waals surface area contributed by atoms with E-state index in [0.717, 1.165) is 27.4 Å². The van der Waals surface area contributed by atoms with Gasteiger partial charge in [0.15, 0.2) is 6.29 Å². The van der Waals surface area contributed by atoms with Gasteiger partial charge in [-0.15, -0.1) is 0 Å². The van der Waals surface area contributed by atoms with Crippen molar-refractivity contribution < 1.29 is 4.79 Å². The van der Waals surface area contributed by atoms with Crippen molar-refractivity contribution in [2.45, 2.75) is 13.8 Å². The molecule has 0 heterocycles. The van der Waals surface area contributed by atoms with Crippen LogP contribution < -0.4 is 0 Å². The number of benzene rings is 1. The number of hydrogen-bond donors (Lipinski definition) is 0. The van der Waals surface area contributed by atoms with E-state index in [-0.39, 0.29) is 0 Å². The molecule has 1 nitrogen and oxygen atoms in total. The van der Waals surface area contributed by atoms with Crippen LogP contribution in [0.25, 0.3) is 0 Å². The molecule has 0 unspecified atom stereocenters. The maximum Gasteiger partial charge on any atom is 0.151 e. The van der Waals surface area contributed by atoms with Gasteiger partial charge in [0.1, 0.15) is 0 Å². The Balaban J connectivity index is 3.40. The van der Waals surface area contributed by atoms with Gasteiger partial charge in [-0.05, 0) is 40.9 Å². The lowest BCUT2D eigenvalue weighted by Gasteiger charge is -2.03. The standard InChI is InChI=1S/C9H9BrO/c1-6-3-4-7(2)9(10)8(6)5-11/h3-5H,1-2H3. The van der Waals surface area contributed by atoms with Crippen molar-refractivity contribution >= 4 is 22.2 Å². The van der Waals surface area contributed by atoms with Gasteiger partial charge in [-0.2, -0.15) is 0 Å². The summed E-state index contributed by atoms with van der Waals surface area (Å²) >= 11 is 3.36. The van der Waals surface area contributed by atoms with Gasteiger partial charge in [-0.3, -0.25) is 4.79 Å². The van der Waals surface area contributed by atoms with Gasteiger partial charge in [0.25, 0.3) is 0 Å².